The lowest BCUT2D eigenvalue weighted by Gasteiger charge is -2.24. The molecule has 4 N–H and O–H groups in total. The fourth-order valence-electron chi connectivity index (χ4n) is 4.12. The zero-order valence-corrected chi connectivity index (χ0v) is 18.9. The lowest BCUT2D eigenvalue weighted by molar-refractivity contribution is 0.0491. The largest absolute Gasteiger partial charge is 0.444 e. The number of hydrogen-bond acceptors (Lipinski definition) is 6. The van der Waals surface area contributed by atoms with E-state index in [1.807, 2.05) is 41.5 Å². The van der Waals surface area contributed by atoms with Gasteiger partial charge in [-0.1, -0.05) is 0 Å². The summed E-state index contributed by atoms with van der Waals surface area (Å²) in [4.78, 5) is 26.6. The van der Waals surface area contributed by atoms with Crippen molar-refractivity contribution in [3.05, 3.63) is 0 Å². The molecule has 0 spiro atoms. The highest BCUT2D eigenvalue weighted by Crippen LogP contribution is 2.31. The van der Waals surface area contributed by atoms with Gasteiger partial charge >= 0.3 is 12.2 Å². The second kappa shape index (κ2) is 9.51. The molecule has 1 aliphatic heterocycles. The maximum atomic E-state index is 12.1. The van der Waals surface area contributed by atoms with Crippen LogP contribution >= 0.6 is 0 Å². The number of rotatable bonds is 5. The molecule has 0 unspecified atom stereocenters. The fourth-order valence-corrected chi connectivity index (χ4v) is 4.12. The van der Waals surface area contributed by atoms with Crippen molar-refractivity contribution in [2.75, 3.05) is 26.2 Å². The molecule has 0 aromatic carbocycles. The number of nitrogens with one attached hydrogen (secondary N) is 2. The number of nitrogens with zero attached hydrogens (tertiary/aromatic N) is 1. The van der Waals surface area contributed by atoms with Gasteiger partial charge in [-0.2, -0.15) is 0 Å². The Hall–Kier alpha value is -1.54. The smallest absolute Gasteiger partial charge is 0.407 e. The Labute approximate surface area is 175 Å². The summed E-state index contributed by atoms with van der Waals surface area (Å²) < 4.78 is 10.7. The first kappa shape index (κ1) is 23.7. The lowest BCUT2D eigenvalue weighted by Crippen LogP contribution is -2.40. The van der Waals surface area contributed by atoms with Crippen LogP contribution in [0.5, 0.6) is 0 Å². The van der Waals surface area contributed by atoms with Crippen LogP contribution in [0.25, 0.3) is 0 Å². The Morgan fingerprint density at radius 3 is 1.69 bits per heavy atom. The molecular formula is C21H40N4O4. The molecule has 2 fully saturated rings. The van der Waals surface area contributed by atoms with Crippen LogP contribution in [0, 0.1) is 11.8 Å². The SMILES string of the molecule is CC(C)(C)OC(=O)NC[C@@H]1CN([C@@H]2CC[C@H](N)C2)C[C@@H]1CNC(=O)OC(C)(C)C. The first-order chi connectivity index (χ1) is 13.3. The molecular weight excluding hydrogens is 372 g/mol. The third-order valence-electron chi connectivity index (χ3n) is 5.38. The fraction of sp³-hybridized carbons (Fsp3) is 0.905. The Kier molecular flexibility index (Phi) is 7.79. The van der Waals surface area contributed by atoms with Crippen molar-refractivity contribution in [2.45, 2.75) is 84.1 Å². The second-order valence-corrected chi connectivity index (χ2v) is 10.5. The van der Waals surface area contributed by atoms with Gasteiger partial charge in [0.25, 0.3) is 0 Å². The van der Waals surface area contributed by atoms with E-state index < -0.39 is 23.4 Å². The van der Waals surface area contributed by atoms with E-state index in [1.54, 1.807) is 0 Å². The molecule has 2 amide bonds. The topological polar surface area (TPSA) is 106 Å². The Morgan fingerprint density at radius 1 is 0.897 bits per heavy atom. The maximum Gasteiger partial charge on any atom is 0.407 e. The first-order valence-electron chi connectivity index (χ1n) is 10.8. The standard InChI is InChI=1S/C21H40N4O4/c1-20(2,3)28-18(26)23-10-14-12-25(17-8-7-16(22)9-17)13-15(14)11-24-19(27)29-21(4,5)6/h14-17H,7-13,22H2,1-6H3,(H,23,26)(H,24,27)/t14-,15+,16-,17+/m0/s1. The van der Waals surface area contributed by atoms with Gasteiger partial charge in [-0.3, -0.25) is 4.90 Å². The minimum absolute atomic E-state index is 0.231. The number of likely N-dealkylation sites (tertiary alicyclic amines) is 1. The van der Waals surface area contributed by atoms with Gasteiger partial charge in [-0.25, -0.2) is 9.59 Å². The summed E-state index contributed by atoms with van der Waals surface area (Å²) in [6.07, 6.45) is 2.37. The van der Waals surface area contributed by atoms with Gasteiger partial charge < -0.3 is 25.8 Å². The summed E-state index contributed by atoms with van der Waals surface area (Å²) in [5.41, 5.74) is 5.05. The van der Waals surface area contributed by atoms with E-state index >= 15 is 0 Å². The Balaban J connectivity index is 1.92. The molecule has 0 radical (unpaired) electrons. The zero-order chi connectivity index (χ0) is 21.8. The average Bonchev–Trinajstić information content (AvgIpc) is 3.13. The third-order valence-corrected chi connectivity index (χ3v) is 5.38. The minimum atomic E-state index is -0.524. The van der Waals surface area contributed by atoms with Crippen LogP contribution in [-0.2, 0) is 9.47 Å². The zero-order valence-electron chi connectivity index (χ0n) is 18.9. The van der Waals surface area contributed by atoms with E-state index in [9.17, 15) is 9.59 Å². The number of amides is 2. The highest BCUT2D eigenvalue weighted by molar-refractivity contribution is 5.68. The quantitative estimate of drug-likeness (QED) is 0.640. The number of carbonyl (C=O) groups excluding carboxylic acids is 2. The van der Waals surface area contributed by atoms with Crippen molar-refractivity contribution in [3.63, 3.8) is 0 Å². The summed E-state index contributed by atoms with van der Waals surface area (Å²) in [5, 5.41) is 5.80. The number of nitrogens with two attached hydrogens (primary N) is 1. The van der Waals surface area contributed by atoms with Crippen LogP contribution in [-0.4, -0.2) is 66.6 Å². The van der Waals surface area contributed by atoms with Gasteiger partial charge in [0.1, 0.15) is 11.2 Å². The van der Waals surface area contributed by atoms with Crippen molar-refractivity contribution < 1.29 is 19.1 Å². The van der Waals surface area contributed by atoms with Crippen molar-refractivity contribution in [1.29, 1.82) is 0 Å². The summed E-state index contributed by atoms with van der Waals surface area (Å²) in [6, 6.07) is 0.762. The predicted octanol–water partition coefficient (Wildman–Crippen LogP) is 2.46. The van der Waals surface area contributed by atoms with Crippen molar-refractivity contribution >= 4 is 12.2 Å². The second-order valence-electron chi connectivity index (χ2n) is 10.5. The van der Waals surface area contributed by atoms with Crippen LogP contribution in [0.4, 0.5) is 9.59 Å². The molecule has 168 valence electrons. The highest BCUT2D eigenvalue weighted by Gasteiger charge is 2.38. The molecule has 1 aliphatic carbocycles. The van der Waals surface area contributed by atoms with Crippen LogP contribution in [0.1, 0.15) is 60.8 Å². The van der Waals surface area contributed by atoms with E-state index in [1.165, 1.54) is 0 Å². The monoisotopic (exact) mass is 412 g/mol. The van der Waals surface area contributed by atoms with E-state index in [-0.39, 0.29) is 17.9 Å². The van der Waals surface area contributed by atoms with Gasteiger partial charge in [0.2, 0.25) is 0 Å². The number of alkyl carbamates (subject to hydrolysis) is 2. The third kappa shape index (κ3) is 8.38. The van der Waals surface area contributed by atoms with Gasteiger partial charge in [-0.05, 0) is 72.6 Å². The lowest BCUT2D eigenvalue weighted by atomic mass is 9.96. The van der Waals surface area contributed by atoms with Crippen molar-refractivity contribution in [3.8, 4) is 0 Å². The first-order valence-corrected chi connectivity index (χ1v) is 10.8. The summed E-state index contributed by atoms with van der Waals surface area (Å²) in [6.45, 7) is 13.9. The van der Waals surface area contributed by atoms with Crippen molar-refractivity contribution in [1.82, 2.24) is 15.5 Å². The van der Waals surface area contributed by atoms with Crippen LogP contribution in [0.2, 0.25) is 0 Å². The molecule has 2 aliphatic rings. The van der Waals surface area contributed by atoms with Crippen LogP contribution < -0.4 is 16.4 Å². The highest BCUT2D eigenvalue weighted by atomic mass is 16.6. The van der Waals surface area contributed by atoms with Crippen LogP contribution in [0.3, 0.4) is 0 Å². The van der Waals surface area contributed by atoms with E-state index in [2.05, 4.69) is 15.5 Å². The maximum absolute atomic E-state index is 12.1. The predicted molar refractivity (Wildman–Crippen MR) is 113 cm³/mol. The van der Waals surface area contributed by atoms with Gasteiger partial charge in [0.15, 0.2) is 0 Å². The molecule has 0 aromatic rings. The van der Waals surface area contributed by atoms with E-state index in [0.29, 0.717) is 19.1 Å². The van der Waals surface area contributed by atoms with Crippen LogP contribution in [0.15, 0.2) is 0 Å². The number of carbonyl (C=O) groups is 2. The van der Waals surface area contributed by atoms with E-state index in [0.717, 1.165) is 32.4 Å². The summed E-state index contributed by atoms with van der Waals surface area (Å²) in [5.74, 6) is 0.462. The molecule has 4 atom stereocenters. The minimum Gasteiger partial charge on any atom is -0.444 e. The molecule has 0 aromatic heterocycles. The molecule has 8 nitrogen and oxygen atoms in total. The van der Waals surface area contributed by atoms with Gasteiger partial charge in [-0.15, -0.1) is 0 Å². The molecule has 2 rings (SSSR count). The normalized spacial score (nSPS) is 28.2. The molecule has 29 heavy (non-hydrogen) atoms. The van der Waals surface area contributed by atoms with Crippen molar-refractivity contribution in [2.24, 2.45) is 17.6 Å². The molecule has 8 heteroatoms. The number of ether oxygens (including phenoxy) is 2. The summed E-state index contributed by atoms with van der Waals surface area (Å²) >= 11 is 0. The van der Waals surface area contributed by atoms with E-state index in [4.69, 9.17) is 15.2 Å². The Bertz CT molecular complexity index is 530. The average molecular weight is 413 g/mol. The van der Waals surface area contributed by atoms with Gasteiger partial charge in [0, 0.05) is 38.3 Å². The number of hydrogen-bond donors (Lipinski definition) is 3. The summed E-state index contributed by atoms with van der Waals surface area (Å²) in [7, 11) is 0. The Morgan fingerprint density at radius 2 is 1.34 bits per heavy atom. The van der Waals surface area contributed by atoms with Gasteiger partial charge in [0.05, 0.1) is 0 Å². The molecule has 1 heterocycles. The molecule has 1 saturated carbocycles. The molecule has 0 bridgehead atoms. The molecule has 1 saturated heterocycles.